The molecule has 15 heteroatoms. The smallest absolute Gasteiger partial charge is 0.508 e. The van der Waals surface area contributed by atoms with Crippen molar-refractivity contribution >= 4 is 47.0 Å². The Hall–Kier alpha value is -4.46. The van der Waals surface area contributed by atoms with Crippen molar-refractivity contribution in [2.45, 2.75) is 32.0 Å². The number of halogens is 5. The second-order valence-corrected chi connectivity index (χ2v) is 11.9. The lowest BCUT2D eigenvalue weighted by molar-refractivity contribution is -0.274. The summed E-state index contributed by atoms with van der Waals surface area (Å²) in [6.07, 6.45) is -4.97. The highest BCUT2D eigenvalue weighted by Crippen LogP contribution is 2.64. The van der Waals surface area contributed by atoms with Crippen molar-refractivity contribution in [1.29, 1.82) is 0 Å². The molecule has 2 aromatic carbocycles. The number of benzene rings is 2. The lowest BCUT2D eigenvalue weighted by atomic mass is 9.51. The number of alkyl halides is 3. The Bertz CT molecular complexity index is 1730. The van der Waals surface area contributed by atoms with Gasteiger partial charge in [-0.25, -0.2) is 14.1 Å². The summed E-state index contributed by atoms with van der Waals surface area (Å²) >= 11 is 5.95. The number of likely N-dealkylation sites (tertiary alicyclic amines) is 1. The number of phenolic OH excluding ortho intramolecular Hbond substituents is 1. The molecule has 0 bridgehead atoms. The molecule has 2 aromatic rings. The molecule has 5 amide bonds. The van der Waals surface area contributed by atoms with E-state index in [1.807, 2.05) is 0 Å². The number of allylic oxidation sites excluding steroid dienone is 2. The lowest BCUT2D eigenvalue weighted by Crippen LogP contribution is -2.49. The highest BCUT2D eigenvalue weighted by molar-refractivity contribution is 6.31. The van der Waals surface area contributed by atoms with Crippen LogP contribution < -0.4 is 9.64 Å². The van der Waals surface area contributed by atoms with E-state index in [0.29, 0.717) is 10.5 Å². The summed E-state index contributed by atoms with van der Waals surface area (Å²) in [7, 11) is 0.995. The summed E-state index contributed by atoms with van der Waals surface area (Å²) in [5.74, 6) is -11.0. The number of rotatable bonds is 3. The zero-order valence-electron chi connectivity index (χ0n) is 23.4. The first-order valence-electron chi connectivity index (χ1n) is 13.7. The van der Waals surface area contributed by atoms with E-state index in [4.69, 9.17) is 11.6 Å². The number of carbonyl (C=O) groups excluding carboxylic acids is 5. The van der Waals surface area contributed by atoms with Crippen LogP contribution in [0.5, 0.6) is 11.5 Å². The number of ether oxygens (including phenoxy) is 2. The molecule has 236 valence electrons. The number of methoxy groups -OCH3 is 1. The molecule has 0 radical (unpaired) electrons. The van der Waals surface area contributed by atoms with Gasteiger partial charge in [0.1, 0.15) is 17.3 Å². The van der Waals surface area contributed by atoms with Gasteiger partial charge in [0.05, 0.1) is 41.0 Å². The van der Waals surface area contributed by atoms with E-state index in [9.17, 15) is 46.6 Å². The molecule has 2 aliphatic carbocycles. The normalized spacial score (nSPS) is 29.3. The van der Waals surface area contributed by atoms with Gasteiger partial charge in [0.15, 0.2) is 0 Å². The van der Waals surface area contributed by atoms with Gasteiger partial charge < -0.3 is 14.6 Å². The van der Waals surface area contributed by atoms with E-state index < -0.39 is 88.4 Å². The molecule has 3 fully saturated rings. The van der Waals surface area contributed by atoms with Crippen LogP contribution in [0.25, 0.3) is 0 Å². The maximum atomic E-state index is 14.3. The minimum Gasteiger partial charge on any atom is -0.508 e. The van der Waals surface area contributed by atoms with Crippen LogP contribution in [-0.4, -0.2) is 53.2 Å². The largest absolute Gasteiger partial charge is 0.573 e. The molecule has 45 heavy (non-hydrogen) atoms. The number of anilines is 1. The zero-order chi connectivity index (χ0) is 32.7. The van der Waals surface area contributed by atoms with Crippen LogP contribution in [0, 0.1) is 34.9 Å². The number of imide groups is 4. The van der Waals surface area contributed by atoms with Gasteiger partial charge in [-0.1, -0.05) is 23.3 Å². The van der Waals surface area contributed by atoms with E-state index in [-0.39, 0.29) is 29.1 Å². The van der Waals surface area contributed by atoms with Crippen molar-refractivity contribution in [3.63, 3.8) is 0 Å². The average Bonchev–Trinajstić information content (AvgIpc) is 3.34. The number of aromatic hydroxyl groups is 1. The monoisotopic (exact) mass is 650 g/mol. The van der Waals surface area contributed by atoms with Gasteiger partial charge in [0, 0.05) is 11.5 Å². The van der Waals surface area contributed by atoms with Crippen molar-refractivity contribution in [1.82, 2.24) is 4.90 Å². The fourth-order valence-corrected chi connectivity index (χ4v) is 7.64. The fraction of sp³-hybridized carbons (Fsp3) is 0.367. The lowest BCUT2D eigenvalue weighted by Gasteiger charge is -2.49. The van der Waals surface area contributed by atoms with Crippen molar-refractivity contribution in [2.24, 2.45) is 29.1 Å². The molecule has 10 nitrogen and oxygen atoms in total. The third kappa shape index (κ3) is 4.48. The zero-order valence-corrected chi connectivity index (χ0v) is 24.2. The van der Waals surface area contributed by atoms with Crippen molar-refractivity contribution in [2.75, 3.05) is 12.0 Å². The highest BCUT2D eigenvalue weighted by Gasteiger charge is 2.68. The van der Waals surface area contributed by atoms with E-state index in [2.05, 4.69) is 9.47 Å². The molecule has 6 unspecified atom stereocenters. The van der Waals surface area contributed by atoms with Crippen LogP contribution in [0.15, 0.2) is 48.0 Å². The third-order valence-electron chi connectivity index (χ3n) is 9.34. The topological polar surface area (TPSA) is 131 Å². The minimum atomic E-state index is -5.10. The van der Waals surface area contributed by atoms with Gasteiger partial charge in [-0.2, -0.15) is 4.90 Å². The standard InChI is InChI=1S/C30H23ClF4N2O8/c1-29-18(25(40)36(27(29)42)12-3-7-20(32)19(31)9-12)11-16-14(5-6-15-22(16)26(41)37(24(15)39)28(43)44-2)23(29)17-10-13(4-8-21(17)38)45-30(33,34)35/h3-5,7-10,15-16,18,22-23,38H,6,11H2,1-2H3. The van der Waals surface area contributed by atoms with Gasteiger partial charge in [0.25, 0.3) is 0 Å². The molecule has 2 heterocycles. The first-order chi connectivity index (χ1) is 21.1. The molecule has 2 saturated heterocycles. The Kier molecular flexibility index (Phi) is 6.99. The number of phenols is 1. The van der Waals surface area contributed by atoms with Crippen molar-refractivity contribution in [3.05, 3.63) is 64.5 Å². The average molecular weight is 651 g/mol. The SMILES string of the molecule is COC(=O)N1C(=O)C2CC=C3C(CC4C(=O)N(c5ccc(F)c(Cl)c5)C(=O)C4(C)C3c3cc(OC(F)(F)F)ccc3O)C2C1=O. The van der Waals surface area contributed by atoms with Crippen LogP contribution in [0.4, 0.5) is 28.0 Å². The Labute approximate surface area is 257 Å². The molecule has 6 rings (SSSR count). The molecule has 4 aliphatic rings. The molecule has 2 aliphatic heterocycles. The summed E-state index contributed by atoms with van der Waals surface area (Å²) in [6.45, 7) is 1.43. The van der Waals surface area contributed by atoms with Crippen LogP contribution in [0.3, 0.4) is 0 Å². The molecular weight excluding hydrogens is 628 g/mol. The number of carbonyl (C=O) groups is 5. The van der Waals surface area contributed by atoms with E-state index >= 15 is 0 Å². The second-order valence-electron chi connectivity index (χ2n) is 11.5. The summed E-state index contributed by atoms with van der Waals surface area (Å²) in [6, 6.07) is 5.93. The van der Waals surface area contributed by atoms with Crippen LogP contribution in [0.1, 0.15) is 31.2 Å². The molecule has 6 atom stereocenters. The predicted octanol–water partition coefficient (Wildman–Crippen LogP) is 5.08. The number of fused-ring (bicyclic) bond motifs is 4. The maximum Gasteiger partial charge on any atom is 0.573 e. The van der Waals surface area contributed by atoms with Crippen LogP contribution in [-0.2, 0) is 23.9 Å². The Morgan fingerprint density at radius 2 is 1.76 bits per heavy atom. The molecule has 0 aromatic heterocycles. The summed E-state index contributed by atoms with van der Waals surface area (Å²) in [5.41, 5.74) is -1.69. The third-order valence-corrected chi connectivity index (χ3v) is 9.63. The summed E-state index contributed by atoms with van der Waals surface area (Å²) < 4.78 is 62.3. The van der Waals surface area contributed by atoms with E-state index in [1.54, 1.807) is 6.08 Å². The van der Waals surface area contributed by atoms with Gasteiger partial charge in [-0.15, -0.1) is 13.2 Å². The second kappa shape index (κ2) is 10.3. The number of nitrogens with zero attached hydrogens (tertiary/aromatic N) is 2. The molecule has 1 saturated carbocycles. The summed E-state index contributed by atoms with van der Waals surface area (Å²) in [5, 5.41) is 10.6. The van der Waals surface area contributed by atoms with E-state index in [1.165, 1.54) is 6.92 Å². The van der Waals surface area contributed by atoms with Gasteiger partial charge >= 0.3 is 12.5 Å². The molecule has 0 spiro atoms. The van der Waals surface area contributed by atoms with Crippen LogP contribution >= 0.6 is 11.6 Å². The highest BCUT2D eigenvalue weighted by atomic mass is 35.5. The predicted molar refractivity (Wildman–Crippen MR) is 145 cm³/mol. The van der Waals surface area contributed by atoms with Crippen LogP contribution in [0.2, 0.25) is 5.02 Å². The van der Waals surface area contributed by atoms with Gasteiger partial charge in [-0.3, -0.25) is 19.2 Å². The van der Waals surface area contributed by atoms with E-state index in [0.717, 1.165) is 48.4 Å². The van der Waals surface area contributed by atoms with Gasteiger partial charge in [-0.05, 0) is 62.1 Å². The molecular formula is C30H23ClF4N2O8. The number of amides is 5. The van der Waals surface area contributed by atoms with Crippen molar-refractivity contribution < 1.29 is 56.1 Å². The van der Waals surface area contributed by atoms with Gasteiger partial charge in [0.2, 0.25) is 23.6 Å². The quantitative estimate of drug-likeness (QED) is 0.277. The first-order valence-corrected chi connectivity index (χ1v) is 14.1. The Morgan fingerprint density at radius 1 is 1.04 bits per heavy atom. The minimum absolute atomic E-state index is 0.0667. The molecule has 1 N–H and O–H groups in total. The Balaban J connectivity index is 1.54. The maximum absolute atomic E-state index is 14.3. The number of hydrogen-bond donors (Lipinski definition) is 1. The van der Waals surface area contributed by atoms with Crippen molar-refractivity contribution in [3.8, 4) is 11.5 Å². The summed E-state index contributed by atoms with van der Waals surface area (Å²) in [4.78, 5) is 68.7. The first kappa shape index (κ1) is 30.6. The fourth-order valence-electron chi connectivity index (χ4n) is 7.46. The Morgan fingerprint density at radius 3 is 2.40 bits per heavy atom. The number of hydrogen-bond acceptors (Lipinski definition) is 8.